The number of nitrogens with two attached hydrogens (primary N) is 1. The van der Waals surface area contributed by atoms with Gasteiger partial charge in [0.2, 0.25) is 5.91 Å². The molecule has 5 nitrogen and oxygen atoms in total. The van der Waals surface area contributed by atoms with Crippen LogP contribution in [0.1, 0.15) is 43.8 Å². The van der Waals surface area contributed by atoms with E-state index in [4.69, 9.17) is 10.3 Å². The standard InChI is InChI=1S/C12H21N3O2/c1-6(2)11(13)12(16)14-7(3)10-8(4)15-17-9(10)5/h6-7,11H,13H2,1-5H3,(H,14,16)/t7?,11-/m0/s1. The van der Waals surface area contributed by atoms with Crippen LogP contribution in [0.15, 0.2) is 4.52 Å². The van der Waals surface area contributed by atoms with Crippen LogP contribution in [-0.4, -0.2) is 17.1 Å². The van der Waals surface area contributed by atoms with Crippen LogP contribution in [0.3, 0.4) is 0 Å². The molecule has 0 aromatic carbocycles. The van der Waals surface area contributed by atoms with Crippen molar-refractivity contribution in [2.45, 2.75) is 46.7 Å². The highest BCUT2D eigenvalue weighted by molar-refractivity contribution is 5.82. The summed E-state index contributed by atoms with van der Waals surface area (Å²) in [5.74, 6) is 0.702. The van der Waals surface area contributed by atoms with E-state index in [0.29, 0.717) is 0 Å². The van der Waals surface area contributed by atoms with E-state index in [1.807, 2.05) is 34.6 Å². The molecule has 1 heterocycles. The second kappa shape index (κ2) is 5.31. The van der Waals surface area contributed by atoms with Gasteiger partial charge in [-0.2, -0.15) is 0 Å². The summed E-state index contributed by atoms with van der Waals surface area (Å²) in [5.41, 5.74) is 7.51. The number of nitrogens with zero attached hydrogens (tertiary/aromatic N) is 1. The van der Waals surface area contributed by atoms with Crippen molar-refractivity contribution in [3.8, 4) is 0 Å². The van der Waals surface area contributed by atoms with Crippen LogP contribution in [-0.2, 0) is 4.79 Å². The van der Waals surface area contributed by atoms with Crippen LogP contribution in [0.5, 0.6) is 0 Å². The molecule has 3 N–H and O–H groups in total. The number of hydrogen-bond acceptors (Lipinski definition) is 4. The van der Waals surface area contributed by atoms with Gasteiger partial charge in [0.25, 0.3) is 0 Å². The number of amides is 1. The Hall–Kier alpha value is -1.36. The van der Waals surface area contributed by atoms with Gasteiger partial charge in [0.15, 0.2) is 0 Å². The Balaban J connectivity index is 2.73. The van der Waals surface area contributed by atoms with Gasteiger partial charge in [0.05, 0.1) is 17.8 Å². The molecule has 0 spiro atoms. The van der Waals surface area contributed by atoms with Crippen molar-refractivity contribution in [2.24, 2.45) is 11.7 Å². The third-order valence-corrected chi connectivity index (χ3v) is 2.90. The molecule has 0 aliphatic rings. The third-order valence-electron chi connectivity index (χ3n) is 2.90. The number of carbonyl (C=O) groups is 1. The number of aromatic nitrogens is 1. The lowest BCUT2D eigenvalue weighted by Crippen LogP contribution is -2.44. The van der Waals surface area contributed by atoms with Crippen LogP contribution in [0.2, 0.25) is 0 Å². The molecule has 96 valence electrons. The highest BCUT2D eigenvalue weighted by Crippen LogP contribution is 2.20. The van der Waals surface area contributed by atoms with Gasteiger partial charge in [0.1, 0.15) is 5.76 Å². The Bertz CT molecular complexity index is 379. The summed E-state index contributed by atoms with van der Waals surface area (Å²) in [4.78, 5) is 11.8. The molecule has 1 aromatic rings. The summed E-state index contributed by atoms with van der Waals surface area (Å²) >= 11 is 0. The minimum absolute atomic E-state index is 0.117. The maximum absolute atomic E-state index is 11.8. The normalized spacial score (nSPS) is 14.8. The Morgan fingerprint density at radius 1 is 1.35 bits per heavy atom. The molecule has 5 heteroatoms. The van der Waals surface area contributed by atoms with Crippen LogP contribution < -0.4 is 11.1 Å². The van der Waals surface area contributed by atoms with E-state index in [-0.39, 0.29) is 17.9 Å². The first kappa shape index (κ1) is 13.7. The topological polar surface area (TPSA) is 81.2 Å². The second-order valence-electron chi connectivity index (χ2n) is 4.74. The molecular formula is C12H21N3O2. The van der Waals surface area contributed by atoms with Crippen LogP contribution >= 0.6 is 0 Å². The zero-order valence-corrected chi connectivity index (χ0v) is 11.1. The van der Waals surface area contributed by atoms with E-state index in [9.17, 15) is 4.79 Å². The summed E-state index contributed by atoms with van der Waals surface area (Å²) in [6.07, 6.45) is 0. The molecule has 0 saturated heterocycles. The lowest BCUT2D eigenvalue weighted by Gasteiger charge is -2.19. The summed E-state index contributed by atoms with van der Waals surface area (Å²) in [5, 5.41) is 6.75. The van der Waals surface area contributed by atoms with E-state index in [2.05, 4.69) is 10.5 Å². The first-order chi connectivity index (χ1) is 7.84. The summed E-state index contributed by atoms with van der Waals surface area (Å²) in [6, 6.07) is -0.628. The van der Waals surface area contributed by atoms with E-state index >= 15 is 0 Å². The number of carbonyl (C=O) groups excluding carboxylic acids is 1. The third kappa shape index (κ3) is 3.06. The van der Waals surface area contributed by atoms with Crippen LogP contribution in [0.4, 0.5) is 0 Å². The smallest absolute Gasteiger partial charge is 0.237 e. The highest BCUT2D eigenvalue weighted by Gasteiger charge is 2.22. The van der Waals surface area contributed by atoms with E-state index < -0.39 is 6.04 Å². The first-order valence-corrected chi connectivity index (χ1v) is 5.83. The maximum Gasteiger partial charge on any atom is 0.237 e. The average molecular weight is 239 g/mol. The fourth-order valence-electron chi connectivity index (χ4n) is 1.79. The van der Waals surface area contributed by atoms with Crippen LogP contribution in [0.25, 0.3) is 0 Å². The van der Waals surface area contributed by atoms with Crippen molar-refractivity contribution >= 4 is 5.91 Å². The van der Waals surface area contributed by atoms with Crippen molar-refractivity contribution in [2.75, 3.05) is 0 Å². The molecule has 1 amide bonds. The van der Waals surface area contributed by atoms with Gasteiger partial charge >= 0.3 is 0 Å². The Morgan fingerprint density at radius 2 is 1.94 bits per heavy atom. The van der Waals surface area contributed by atoms with Gasteiger partial charge in [-0.1, -0.05) is 19.0 Å². The minimum Gasteiger partial charge on any atom is -0.361 e. The Labute approximate surface area is 102 Å². The van der Waals surface area contributed by atoms with Crippen LogP contribution in [0, 0.1) is 19.8 Å². The number of nitrogens with one attached hydrogen (secondary N) is 1. The van der Waals surface area contributed by atoms with E-state index in [0.717, 1.165) is 17.0 Å². The van der Waals surface area contributed by atoms with Gasteiger partial charge in [-0.3, -0.25) is 4.79 Å². The maximum atomic E-state index is 11.8. The van der Waals surface area contributed by atoms with Crippen molar-refractivity contribution in [3.63, 3.8) is 0 Å². The summed E-state index contributed by atoms with van der Waals surface area (Å²) in [7, 11) is 0. The largest absolute Gasteiger partial charge is 0.361 e. The molecule has 1 rings (SSSR count). The lowest BCUT2D eigenvalue weighted by molar-refractivity contribution is -0.123. The Morgan fingerprint density at radius 3 is 2.35 bits per heavy atom. The summed E-state index contributed by atoms with van der Waals surface area (Å²) < 4.78 is 5.07. The van der Waals surface area contributed by atoms with Gasteiger partial charge in [-0.05, 0) is 26.7 Å². The Kier molecular flexibility index (Phi) is 4.28. The fraction of sp³-hybridized carbons (Fsp3) is 0.667. The fourth-order valence-corrected chi connectivity index (χ4v) is 1.79. The van der Waals surface area contributed by atoms with Gasteiger partial charge < -0.3 is 15.6 Å². The molecule has 0 aliphatic heterocycles. The molecule has 1 unspecified atom stereocenters. The van der Waals surface area contributed by atoms with Gasteiger partial charge in [-0.15, -0.1) is 0 Å². The van der Waals surface area contributed by atoms with Crippen molar-refractivity contribution < 1.29 is 9.32 Å². The van der Waals surface area contributed by atoms with Crippen molar-refractivity contribution in [1.29, 1.82) is 0 Å². The van der Waals surface area contributed by atoms with E-state index in [1.165, 1.54) is 0 Å². The van der Waals surface area contributed by atoms with Gasteiger partial charge in [-0.25, -0.2) is 0 Å². The summed E-state index contributed by atoms with van der Waals surface area (Å²) in [6.45, 7) is 9.43. The molecular weight excluding hydrogens is 218 g/mol. The molecule has 0 saturated carbocycles. The SMILES string of the molecule is Cc1noc(C)c1C(C)NC(=O)[C@@H](N)C(C)C. The molecule has 0 radical (unpaired) electrons. The number of rotatable bonds is 4. The predicted molar refractivity (Wildman–Crippen MR) is 65.3 cm³/mol. The zero-order valence-electron chi connectivity index (χ0n) is 11.1. The molecule has 2 atom stereocenters. The quantitative estimate of drug-likeness (QED) is 0.833. The number of hydrogen-bond donors (Lipinski definition) is 2. The predicted octanol–water partition coefficient (Wildman–Crippen LogP) is 1.45. The molecule has 0 bridgehead atoms. The highest BCUT2D eigenvalue weighted by atomic mass is 16.5. The average Bonchev–Trinajstić information content (AvgIpc) is 2.56. The molecule has 0 fully saturated rings. The lowest BCUT2D eigenvalue weighted by atomic mass is 10.0. The zero-order chi connectivity index (χ0) is 13.2. The molecule has 17 heavy (non-hydrogen) atoms. The van der Waals surface area contributed by atoms with Crippen molar-refractivity contribution in [1.82, 2.24) is 10.5 Å². The van der Waals surface area contributed by atoms with Gasteiger partial charge in [0, 0.05) is 5.56 Å². The first-order valence-electron chi connectivity index (χ1n) is 5.83. The number of aryl methyl sites for hydroxylation is 2. The minimum atomic E-state index is -0.488. The molecule has 1 aromatic heterocycles. The van der Waals surface area contributed by atoms with E-state index in [1.54, 1.807) is 0 Å². The van der Waals surface area contributed by atoms with Crippen molar-refractivity contribution in [3.05, 3.63) is 17.0 Å². The second-order valence-corrected chi connectivity index (χ2v) is 4.74. The molecule has 0 aliphatic carbocycles. The monoisotopic (exact) mass is 239 g/mol.